The van der Waals surface area contributed by atoms with Crippen molar-refractivity contribution in [3.05, 3.63) is 76.3 Å². The molecular weight excluding hydrogens is 353 g/mol. The zero-order valence-corrected chi connectivity index (χ0v) is 15.3. The van der Waals surface area contributed by atoms with Crippen LogP contribution in [0.15, 0.2) is 48.5 Å². The largest absolute Gasteiger partial charge is 0.324 e. The van der Waals surface area contributed by atoms with Crippen molar-refractivity contribution in [1.82, 2.24) is 9.78 Å². The molecule has 0 atom stereocenters. The third kappa shape index (κ3) is 3.94. The summed E-state index contributed by atoms with van der Waals surface area (Å²) in [6.45, 7) is 3.91. The lowest BCUT2D eigenvalue weighted by molar-refractivity contribution is -0.116. The highest BCUT2D eigenvalue weighted by atomic mass is 35.5. The van der Waals surface area contributed by atoms with E-state index in [9.17, 15) is 9.18 Å². The second kappa shape index (κ2) is 7.70. The van der Waals surface area contributed by atoms with Crippen molar-refractivity contribution in [2.45, 2.75) is 26.7 Å². The van der Waals surface area contributed by atoms with Crippen LogP contribution in [0.25, 0.3) is 5.69 Å². The van der Waals surface area contributed by atoms with Crippen LogP contribution in [-0.2, 0) is 11.2 Å². The zero-order valence-electron chi connectivity index (χ0n) is 14.6. The third-order valence-electron chi connectivity index (χ3n) is 4.25. The normalized spacial score (nSPS) is 10.8. The van der Waals surface area contributed by atoms with Crippen LogP contribution in [0.1, 0.15) is 23.4 Å². The number of hydrogen-bond acceptors (Lipinski definition) is 2. The lowest BCUT2D eigenvalue weighted by Gasteiger charge is -2.08. The number of amides is 1. The number of aromatic nitrogens is 2. The highest BCUT2D eigenvalue weighted by molar-refractivity contribution is 6.30. The van der Waals surface area contributed by atoms with Crippen LogP contribution >= 0.6 is 11.6 Å². The van der Waals surface area contributed by atoms with E-state index in [1.165, 1.54) is 12.1 Å². The van der Waals surface area contributed by atoms with Crippen LogP contribution in [0.4, 0.5) is 10.1 Å². The van der Waals surface area contributed by atoms with Gasteiger partial charge in [-0.3, -0.25) is 4.79 Å². The summed E-state index contributed by atoms with van der Waals surface area (Å²) in [6.07, 6.45) is 0.774. The highest BCUT2D eigenvalue weighted by Crippen LogP contribution is 2.21. The molecule has 26 heavy (non-hydrogen) atoms. The molecule has 0 bridgehead atoms. The molecule has 0 unspecified atom stereocenters. The molecule has 0 radical (unpaired) electrons. The second-order valence-electron chi connectivity index (χ2n) is 6.07. The van der Waals surface area contributed by atoms with Crippen LogP contribution < -0.4 is 5.32 Å². The first-order chi connectivity index (χ1) is 12.5. The molecule has 3 aromatic rings. The van der Waals surface area contributed by atoms with E-state index in [-0.39, 0.29) is 18.0 Å². The number of carbonyl (C=O) groups excluding carboxylic acids is 1. The average molecular weight is 372 g/mol. The van der Waals surface area contributed by atoms with E-state index >= 15 is 0 Å². The number of rotatable bonds is 5. The molecule has 2 aromatic carbocycles. The first-order valence-electron chi connectivity index (χ1n) is 8.31. The van der Waals surface area contributed by atoms with Crippen LogP contribution in [0.2, 0.25) is 5.02 Å². The summed E-state index contributed by atoms with van der Waals surface area (Å²) < 4.78 is 15.7. The second-order valence-corrected chi connectivity index (χ2v) is 6.51. The van der Waals surface area contributed by atoms with Crippen molar-refractivity contribution in [2.24, 2.45) is 0 Å². The van der Waals surface area contributed by atoms with Gasteiger partial charge in [0.05, 0.1) is 17.1 Å². The minimum Gasteiger partial charge on any atom is -0.324 e. The van der Waals surface area contributed by atoms with Gasteiger partial charge in [0.15, 0.2) is 0 Å². The first kappa shape index (κ1) is 18.1. The minimum atomic E-state index is -0.546. The Balaban J connectivity index is 1.70. The number of benzene rings is 2. The molecule has 134 valence electrons. The van der Waals surface area contributed by atoms with Crippen molar-refractivity contribution in [3.8, 4) is 5.69 Å². The van der Waals surface area contributed by atoms with Gasteiger partial charge < -0.3 is 5.32 Å². The van der Waals surface area contributed by atoms with E-state index in [4.69, 9.17) is 11.6 Å². The fourth-order valence-corrected chi connectivity index (χ4v) is 3.06. The molecule has 3 rings (SSSR count). The van der Waals surface area contributed by atoms with E-state index < -0.39 is 5.82 Å². The van der Waals surface area contributed by atoms with Gasteiger partial charge in [-0.1, -0.05) is 29.8 Å². The maximum absolute atomic E-state index is 13.8. The Bertz CT molecular complexity index is 938. The molecule has 0 saturated heterocycles. The lowest BCUT2D eigenvalue weighted by Crippen LogP contribution is -2.13. The number of nitrogens with one attached hydrogen (secondary N) is 1. The van der Waals surface area contributed by atoms with Crippen molar-refractivity contribution in [2.75, 3.05) is 5.32 Å². The molecule has 0 aliphatic heterocycles. The molecule has 0 saturated carbocycles. The monoisotopic (exact) mass is 371 g/mol. The van der Waals surface area contributed by atoms with E-state index in [1.54, 1.807) is 6.07 Å². The number of hydrogen-bond donors (Lipinski definition) is 1. The fraction of sp³-hybridized carbons (Fsp3) is 0.200. The van der Waals surface area contributed by atoms with Gasteiger partial charge in [-0.25, -0.2) is 9.07 Å². The van der Waals surface area contributed by atoms with Crippen LogP contribution in [0, 0.1) is 19.7 Å². The van der Waals surface area contributed by atoms with E-state index in [2.05, 4.69) is 10.4 Å². The summed E-state index contributed by atoms with van der Waals surface area (Å²) in [4.78, 5) is 12.2. The smallest absolute Gasteiger partial charge is 0.224 e. The lowest BCUT2D eigenvalue weighted by atomic mass is 10.1. The van der Waals surface area contributed by atoms with Gasteiger partial charge in [-0.05, 0) is 56.2 Å². The van der Waals surface area contributed by atoms with Crippen LogP contribution in [0.3, 0.4) is 0 Å². The van der Waals surface area contributed by atoms with Crippen LogP contribution in [0.5, 0.6) is 0 Å². The van der Waals surface area contributed by atoms with Gasteiger partial charge in [0, 0.05) is 17.1 Å². The molecule has 0 aliphatic rings. The number of aryl methyl sites for hydroxylation is 1. The van der Waals surface area contributed by atoms with Crippen molar-refractivity contribution < 1.29 is 9.18 Å². The molecule has 0 aliphatic carbocycles. The minimum absolute atomic E-state index is 0.132. The van der Waals surface area contributed by atoms with E-state index in [1.807, 2.05) is 48.9 Å². The van der Waals surface area contributed by atoms with Gasteiger partial charge in [0.1, 0.15) is 5.82 Å². The predicted octanol–water partition coefficient (Wildman–Crippen LogP) is 4.85. The summed E-state index contributed by atoms with van der Waals surface area (Å²) in [5.41, 5.74) is 4.02. The number of nitrogens with zero attached hydrogens (tertiary/aromatic N) is 2. The molecular formula is C20H19ClFN3O. The molecule has 1 amide bonds. The third-order valence-corrected chi connectivity index (χ3v) is 4.48. The van der Waals surface area contributed by atoms with E-state index in [0.29, 0.717) is 11.4 Å². The Morgan fingerprint density at radius 1 is 1.19 bits per heavy atom. The first-order valence-corrected chi connectivity index (χ1v) is 8.69. The SMILES string of the molecule is Cc1nn(-c2ccccc2)c(C)c1CCC(=O)Nc1ccc(Cl)cc1F. The number of carbonyl (C=O) groups is 1. The Morgan fingerprint density at radius 2 is 1.92 bits per heavy atom. The van der Waals surface area contributed by atoms with Crippen LogP contribution in [-0.4, -0.2) is 15.7 Å². The predicted molar refractivity (Wildman–Crippen MR) is 101 cm³/mol. The Morgan fingerprint density at radius 3 is 2.62 bits per heavy atom. The van der Waals surface area contributed by atoms with Gasteiger partial charge in [-0.15, -0.1) is 0 Å². The van der Waals surface area contributed by atoms with Crippen molar-refractivity contribution in [3.63, 3.8) is 0 Å². The Hall–Kier alpha value is -2.66. The summed E-state index contributed by atoms with van der Waals surface area (Å²) in [5.74, 6) is -0.799. The van der Waals surface area contributed by atoms with E-state index in [0.717, 1.165) is 22.6 Å². The molecule has 1 N–H and O–H groups in total. The Kier molecular flexibility index (Phi) is 5.38. The standard InChI is InChI=1S/C20H19ClFN3O/c1-13-17(14(2)25(24-13)16-6-4-3-5-7-16)9-11-20(26)23-19-10-8-15(21)12-18(19)22/h3-8,10,12H,9,11H2,1-2H3,(H,23,26). The quantitative estimate of drug-likeness (QED) is 0.696. The molecule has 1 aromatic heterocycles. The summed E-state index contributed by atoms with van der Waals surface area (Å²) in [6, 6.07) is 14.0. The van der Waals surface area contributed by atoms with Gasteiger partial charge >= 0.3 is 0 Å². The van der Waals surface area contributed by atoms with Gasteiger partial charge in [0.2, 0.25) is 5.91 Å². The van der Waals surface area contributed by atoms with Crippen molar-refractivity contribution >= 4 is 23.2 Å². The molecule has 4 nitrogen and oxygen atoms in total. The number of anilines is 1. The summed E-state index contributed by atoms with van der Waals surface area (Å²) in [5, 5.41) is 7.45. The van der Waals surface area contributed by atoms with Crippen molar-refractivity contribution in [1.29, 1.82) is 0 Å². The maximum Gasteiger partial charge on any atom is 0.224 e. The maximum atomic E-state index is 13.8. The summed E-state index contributed by atoms with van der Waals surface area (Å²) >= 11 is 5.72. The average Bonchev–Trinajstić information content (AvgIpc) is 2.90. The number of para-hydroxylation sites is 1. The van der Waals surface area contributed by atoms with Gasteiger partial charge in [-0.2, -0.15) is 5.10 Å². The Labute approximate surface area is 156 Å². The van der Waals surface area contributed by atoms with Gasteiger partial charge in [0.25, 0.3) is 0 Å². The molecule has 6 heteroatoms. The molecule has 0 spiro atoms. The topological polar surface area (TPSA) is 46.9 Å². The summed E-state index contributed by atoms with van der Waals surface area (Å²) in [7, 11) is 0. The highest BCUT2D eigenvalue weighted by Gasteiger charge is 2.15. The molecule has 1 heterocycles. The molecule has 0 fully saturated rings. The zero-order chi connectivity index (χ0) is 18.7. The number of halogens is 2. The fourth-order valence-electron chi connectivity index (χ4n) is 2.90.